The Labute approximate surface area is 122 Å². The molecule has 21 heavy (non-hydrogen) atoms. The third-order valence-electron chi connectivity index (χ3n) is 3.40. The molecule has 0 radical (unpaired) electrons. The molecule has 1 aromatic carbocycles. The Balaban J connectivity index is 2.08. The van der Waals surface area contributed by atoms with Gasteiger partial charge in [0.05, 0.1) is 11.3 Å². The van der Waals surface area contributed by atoms with Gasteiger partial charge in [0.15, 0.2) is 0 Å². The van der Waals surface area contributed by atoms with E-state index in [1.807, 2.05) is 18.3 Å². The maximum atomic E-state index is 12.5. The van der Waals surface area contributed by atoms with Gasteiger partial charge in [0.25, 0.3) is 0 Å². The monoisotopic (exact) mass is 293 g/mol. The summed E-state index contributed by atoms with van der Waals surface area (Å²) in [5, 5.41) is 0. The number of halogens is 3. The lowest BCUT2D eigenvalue weighted by molar-refractivity contribution is -0.137. The zero-order chi connectivity index (χ0) is 15.3. The average molecular weight is 293 g/mol. The topological polar surface area (TPSA) is 12.9 Å². The first-order valence-corrected chi connectivity index (χ1v) is 7.13. The second kappa shape index (κ2) is 6.74. The summed E-state index contributed by atoms with van der Waals surface area (Å²) in [5.41, 5.74) is 1.92. The van der Waals surface area contributed by atoms with Gasteiger partial charge < -0.3 is 0 Å². The summed E-state index contributed by atoms with van der Waals surface area (Å²) in [7, 11) is 0. The molecule has 1 heterocycles. The molecular formula is C17H18F3N. The van der Waals surface area contributed by atoms with Crippen molar-refractivity contribution < 1.29 is 13.2 Å². The van der Waals surface area contributed by atoms with Gasteiger partial charge >= 0.3 is 6.18 Å². The highest BCUT2D eigenvalue weighted by Crippen LogP contribution is 2.30. The van der Waals surface area contributed by atoms with Crippen molar-refractivity contribution in [3.8, 4) is 11.3 Å². The molecule has 2 aromatic rings. The van der Waals surface area contributed by atoms with Gasteiger partial charge in [-0.05, 0) is 36.6 Å². The van der Waals surface area contributed by atoms with Crippen LogP contribution in [0.2, 0.25) is 0 Å². The van der Waals surface area contributed by atoms with Crippen molar-refractivity contribution in [1.82, 2.24) is 4.98 Å². The minimum Gasteiger partial charge on any atom is -0.256 e. The Morgan fingerprint density at radius 2 is 1.67 bits per heavy atom. The van der Waals surface area contributed by atoms with Gasteiger partial charge in [0.1, 0.15) is 0 Å². The van der Waals surface area contributed by atoms with Crippen LogP contribution >= 0.6 is 0 Å². The van der Waals surface area contributed by atoms with E-state index in [0.717, 1.165) is 25.0 Å². The highest BCUT2D eigenvalue weighted by molar-refractivity contribution is 5.59. The maximum Gasteiger partial charge on any atom is 0.416 e. The van der Waals surface area contributed by atoms with Crippen LogP contribution in [-0.4, -0.2) is 4.98 Å². The number of unbranched alkanes of at least 4 members (excludes halogenated alkanes) is 2. The van der Waals surface area contributed by atoms with E-state index in [1.54, 1.807) is 0 Å². The van der Waals surface area contributed by atoms with Crippen molar-refractivity contribution in [2.45, 2.75) is 38.8 Å². The van der Waals surface area contributed by atoms with Crippen molar-refractivity contribution in [3.05, 3.63) is 53.7 Å². The van der Waals surface area contributed by atoms with Gasteiger partial charge in [-0.25, -0.2) is 0 Å². The third-order valence-corrected chi connectivity index (χ3v) is 3.40. The molecule has 1 aromatic heterocycles. The van der Waals surface area contributed by atoms with Crippen LogP contribution in [0.5, 0.6) is 0 Å². The summed E-state index contributed by atoms with van der Waals surface area (Å²) >= 11 is 0. The zero-order valence-corrected chi connectivity index (χ0v) is 12.0. The summed E-state index contributed by atoms with van der Waals surface area (Å²) in [6.07, 6.45) is 2.02. The van der Waals surface area contributed by atoms with Gasteiger partial charge in [-0.2, -0.15) is 13.2 Å². The number of benzene rings is 1. The first-order valence-electron chi connectivity index (χ1n) is 7.13. The molecule has 0 fully saturated rings. The molecule has 0 N–H and O–H groups in total. The van der Waals surface area contributed by atoms with E-state index < -0.39 is 11.7 Å². The van der Waals surface area contributed by atoms with Crippen LogP contribution in [0.25, 0.3) is 11.3 Å². The predicted molar refractivity (Wildman–Crippen MR) is 77.9 cm³/mol. The first kappa shape index (κ1) is 15.5. The SMILES string of the molecule is CCCCCc1ccc(-c2ccc(C(F)(F)F)cc2)nc1. The normalized spacial score (nSPS) is 11.6. The molecule has 4 heteroatoms. The fourth-order valence-electron chi connectivity index (χ4n) is 2.15. The van der Waals surface area contributed by atoms with Crippen LogP contribution < -0.4 is 0 Å². The van der Waals surface area contributed by atoms with Crippen LogP contribution in [0.1, 0.15) is 37.3 Å². The number of rotatable bonds is 5. The van der Waals surface area contributed by atoms with Crippen LogP contribution in [0.4, 0.5) is 13.2 Å². The van der Waals surface area contributed by atoms with Crippen LogP contribution in [0, 0.1) is 0 Å². The summed E-state index contributed by atoms with van der Waals surface area (Å²) in [6, 6.07) is 8.96. The lowest BCUT2D eigenvalue weighted by atomic mass is 10.1. The number of pyridine rings is 1. The highest BCUT2D eigenvalue weighted by atomic mass is 19.4. The number of aryl methyl sites for hydroxylation is 1. The van der Waals surface area contributed by atoms with Gasteiger partial charge in [0, 0.05) is 11.8 Å². The Morgan fingerprint density at radius 1 is 0.952 bits per heavy atom. The average Bonchev–Trinajstić information content (AvgIpc) is 2.48. The van der Waals surface area contributed by atoms with Crippen molar-refractivity contribution in [1.29, 1.82) is 0 Å². The van der Waals surface area contributed by atoms with E-state index in [2.05, 4.69) is 11.9 Å². The zero-order valence-electron chi connectivity index (χ0n) is 12.0. The van der Waals surface area contributed by atoms with E-state index in [1.165, 1.54) is 30.5 Å². The first-order chi connectivity index (χ1) is 10.0. The molecule has 0 spiro atoms. The van der Waals surface area contributed by atoms with Gasteiger partial charge in [0.2, 0.25) is 0 Å². The molecule has 0 aliphatic carbocycles. The highest BCUT2D eigenvalue weighted by Gasteiger charge is 2.29. The Hall–Kier alpha value is -1.84. The second-order valence-corrected chi connectivity index (χ2v) is 5.08. The molecule has 0 unspecified atom stereocenters. The molecule has 112 valence electrons. The fraction of sp³-hybridized carbons (Fsp3) is 0.353. The number of hydrogen-bond acceptors (Lipinski definition) is 1. The van der Waals surface area contributed by atoms with Crippen molar-refractivity contribution in [3.63, 3.8) is 0 Å². The Morgan fingerprint density at radius 3 is 2.19 bits per heavy atom. The number of nitrogens with zero attached hydrogens (tertiary/aromatic N) is 1. The van der Waals surface area contributed by atoms with Crippen LogP contribution in [-0.2, 0) is 12.6 Å². The molecule has 0 saturated heterocycles. The minimum atomic E-state index is -4.30. The molecule has 0 amide bonds. The summed E-state index contributed by atoms with van der Waals surface area (Å²) in [4.78, 5) is 4.34. The molecular weight excluding hydrogens is 275 g/mol. The van der Waals surface area contributed by atoms with E-state index in [0.29, 0.717) is 11.3 Å². The number of hydrogen-bond donors (Lipinski definition) is 0. The largest absolute Gasteiger partial charge is 0.416 e. The molecule has 2 rings (SSSR count). The smallest absolute Gasteiger partial charge is 0.256 e. The predicted octanol–water partition coefficient (Wildman–Crippen LogP) is 5.50. The third kappa shape index (κ3) is 4.31. The lowest BCUT2D eigenvalue weighted by Gasteiger charge is -2.08. The van der Waals surface area contributed by atoms with Gasteiger partial charge in [-0.15, -0.1) is 0 Å². The summed E-state index contributed by atoms with van der Waals surface area (Å²) in [6.45, 7) is 2.16. The molecule has 0 atom stereocenters. The standard InChI is InChI=1S/C17H18F3N/c1-2-3-4-5-13-6-11-16(21-12-13)14-7-9-15(10-8-14)17(18,19)20/h6-12H,2-5H2,1H3. The Kier molecular flexibility index (Phi) is 4.99. The lowest BCUT2D eigenvalue weighted by Crippen LogP contribution is -2.04. The van der Waals surface area contributed by atoms with Crippen LogP contribution in [0.3, 0.4) is 0 Å². The second-order valence-electron chi connectivity index (χ2n) is 5.08. The summed E-state index contributed by atoms with van der Waals surface area (Å²) in [5.74, 6) is 0. The van der Waals surface area contributed by atoms with Crippen molar-refractivity contribution >= 4 is 0 Å². The summed E-state index contributed by atoms with van der Waals surface area (Å²) < 4.78 is 37.5. The molecule has 0 aliphatic heterocycles. The van der Waals surface area contributed by atoms with E-state index in [-0.39, 0.29) is 0 Å². The number of aromatic nitrogens is 1. The molecule has 0 aliphatic rings. The van der Waals surface area contributed by atoms with E-state index in [9.17, 15) is 13.2 Å². The van der Waals surface area contributed by atoms with E-state index in [4.69, 9.17) is 0 Å². The van der Waals surface area contributed by atoms with Crippen molar-refractivity contribution in [2.75, 3.05) is 0 Å². The molecule has 0 bridgehead atoms. The number of alkyl halides is 3. The molecule has 1 nitrogen and oxygen atoms in total. The van der Waals surface area contributed by atoms with E-state index >= 15 is 0 Å². The Bertz CT molecular complexity index is 556. The maximum absolute atomic E-state index is 12.5. The van der Waals surface area contributed by atoms with Crippen molar-refractivity contribution in [2.24, 2.45) is 0 Å². The fourth-order valence-corrected chi connectivity index (χ4v) is 2.15. The quantitative estimate of drug-likeness (QED) is 0.663. The minimum absolute atomic E-state index is 0.637. The van der Waals surface area contributed by atoms with Crippen LogP contribution in [0.15, 0.2) is 42.6 Å². The van der Waals surface area contributed by atoms with Gasteiger partial charge in [-0.1, -0.05) is 38.0 Å². The van der Waals surface area contributed by atoms with Gasteiger partial charge in [-0.3, -0.25) is 4.98 Å². The molecule has 0 saturated carbocycles.